The largest absolute Gasteiger partial charge is 0.582 e. The maximum atomic E-state index is 14.0. The number of hydrogen-bond acceptors (Lipinski definition) is 2. The first-order valence-corrected chi connectivity index (χ1v) is 15.3. The fourth-order valence-electron chi connectivity index (χ4n) is 2.09. The predicted octanol–water partition coefficient (Wildman–Crippen LogP) is 3.02. The molecule has 0 saturated carbocycles. The van der Waals surface area contributed by atoms with Gasteiger partial charge in [-0.2, -0.15) is 0 Å². The Morgan fingerprint density at radius 2 is 0.812 bits per heavy atom. The van der Waals surface area contributed by atoms with Crippen LogP contribution in [0.3, 0.4) is 0 Å². The van der Waals surface area contributed by atoms with E-state index in [-0.39, 0.29) is 0 Å². The fourth-order valence-corrected chi connectivity index (χ4v) is 21.5. The molecule has 1 fully saturated rings. The van der Waals surface area contributed by atoms with E-state index in [9.17, 15) is 16.4 Å². The summed E-state index contributed by atoms with van der Waals surface area (Å²) in [6, 6.07) is 0. The molecule has 0 spiro atoms. The molecule has 0 aromatic carbocycles. The van der Waals surface area contributed by atoms with Gasteiger partial charge in [0.25, 0.3) is 0 Å². The Balaban J connectivity index is 3.15. The molecular formula is C6H18F4N2Si4. The number of nitrogens with zero attached hydrogens (tertiary/aromatic N) is 2. The second-order valence-corrected chi connectivity index (χ2v) is 22.1. The first kappa shape index (κ1) is 14.6. The average molecular weight is 307 g/mol. The minimum Gasteiger partial charge on any atom is -0.241 e. The zero-order valence-electron chi connectivity index (χ0n) is 10.4. The van der Waals surface area contributed by atoms with Crippen LogP contribution in [0.2, 0.25) is 39.3 Å². The van der Waals surface area contributed by atoms with Crippen LogP contribution in [0, 0.1) is 0 Å². The minimum absolute atomic E-state index is 0.394. The Labute approximate surface area is 98.4 Å². The first-order chi connectivity index (χ1) is 6.73. The summed E-state index contributed by atoms with van der Waals surface area (Å²) < 4.78 is 56.7. The van der Waals surface area contributed by atoms with Gasteiger partial charge in [-0.15, -0.1) is 0 Å². The molecule has 0 unspecified atom stereocenters. The number of rotatable bonds is 2. The zero-order valence-corrected chi connectivity index (χ0v) is 14.4. The summed E-state index contributed by atoms with van der Waals surface area (Å²) >= 11 is 0. The Kier molecular flexibility index (Phi) is 3.19. The van der Waals surface area contributed by atoms with Crippen LogP contribution in [-0.2, 0) is 0 Å². The van der Waals surface area contributed by atoms with Crippen LogP contribution in [0.4, 0.5) is 16.4 Å². The van der Waals surface area contributed by atoms with Crippen LogP contribution in [0.5, 0.6) is 0 Å². The summed E-state index contributed by atoms with van der Waals surface area (Å²) in [6.45, 7) is 9.40. The van der Waals surface area contributed by atoms with E-state index in [1.807, 2.05) is 0 Å². The third kappa shape index (κ3) is 1.99. The highest BCUT2D eigenvalue weighted by atomic mass is 28.6. The van der Waals surface area contributed by atoms with Crippen molar-refractivity contribution < 1.29 is 16.4 Å². The van der Waals surface area contributed by atoms with Gasteiger partial charge in [0.2, 0.25) is 0 Å². The third-order valence-corrected chi connectivity index (χ3v) is 21.8. The van der Waals surface area contributed by atoms with E-state index < -0.39 is 34.6 Å². The van der Waals surface area contributed by atoms with Crippen molar-refractivity contribution in [2.45, 2.75) is 39.3 Å². The van der Waals surface area contributed by atoms with Gasteiger partial charge in [-0.05, 0) is 0 Å². The molecule has 1 aliphatic heterocycles. The molecule has 2 nitrogen and oxygen atoms in total. The smallest absolute Gasteiger partial charge is 0.241 e. The van der Waals surface area contributed by atoms with E-state index in [0.717, 1.165) is 0 Å². The molecule has 1 aliphatic rings. The molecule has 0 bridgehead atoms. The summed E-state index contributed by atoms with van der Waals surface area (Å²) in [7, 11) is -15.3. The minimum atomic E-state index is -5.01. The summed E-state index contributed by atoms with van der Waals surface area (Å²) in [5.74, 6) is 0. The predicted molar refractivity (Wildman–Crippen MR) is 66.3 cm³/mol. The first-order valence-electron chi connectivity index (χ1n) is 5.10. The molecule has 0 amide bonds. The van der Waals surface area contributed by atoms with Crippen molar-refractivity contribution in [3.8, 4) is 0 Å². The SMILES string of the molecule is C[Si](C)(C)N1[Si](F)(F)N([Si](C)(C)C)[Si]1(F)F. The van der Waals surface area contributed by atoms with Gasteiger partial charge in [0.15, 0.2) is 0 Å². The molecule has 96 valence electrons. The van der Waals surface area contributed by atoms with Crippen LogP contribution in [0.15, 0.2) is 0 Å². The van der Waals surface area contributed by atoms with Crippen molar-refractivity contribution in [2.75, 3.05) is 0 Å². The quantitative estimate of drug-likeness (QED) is 0.439. The monoisotopic (exact) mass is 306 g/mol. The van der Waals surface area contributed by atoms with E-state index in [2.05, 4.69) is 0 Å². The van der Waals surface area contributed by atoms with Crippen LogP contribution in [0.1, 0.15) is 0 Å². The Morgan fingerprint density at radius 3 is 0.938 bits per heavy atom. The van der Waals surface area contributed by atoms with Crippen molar-refractivity contribution >= 4 is 34.6 Å². The summed E-state index contributed by atoms with van der Waals surface area (Å²) in [5, 5.41) is 0. The molecule has 0 radical (unpaired) electrons. The summed E-state index contributed by atoms with van der Waals surface area (Å²) in [6.07, 6.45) is 0. The highest BCUT2D eigenvalue weighted by Gasteiger charge is 2.85. The molecule has 0 aromatic rings. The van der Waals surface area contributed by atoms with Crippen molar-refractivity contribution in [3.05, 3.63) is 0 Å². The lowest BCUT2D eigenvalue weighted by atomic mass is 11.8. The Hall–Kier alpha value is 0.508. The molecule has 0 atom stereocenters. The summed E-state index contributed by atoms with van der Waals surface area (Å²) in [5.41, 5.74) is 0. The lowest BCUT2D eigenvalue weighted by molar-refractivity contribution is 0.289. The maximum absolute atomic E-state index is 14.0. The maximum Gasteiger partial charge on any atom is 0.582 e. The van der Waals surface area contributed by atoms with Gasteiger partial charge < -0.3 is 0 Å². The molecule has 0 aromatic heterocycles. The highest BCUT2D eigenvalue weighted by molar-refractivity contribution is 7.13. The standard InChI is InChI=1S/C6H18F4N2Si4/c1-13(2,3)11-15(7,8)12(14(4,5)6)16(11,9)10/h1-6H3. The van der Waals surface area contributed by atoms with Crippen molar-refractivity contribution in [2.24, 2.45) is 0 Å². The van der Waals surface area contributed by atoms with Crippen molar-refractivity contribution in [1.29, 1.82) is 0 Å². The van der Waals surface area contributed by atoms with Crippen LogP contribution in [-0.4, -0.2) is 42.4 Å². The number of hydrogen-bond donors (Lipinski definition) is 0. The second kappa shape index (κ2) is 3.51. The van der Waals surface area contributed by atoms with Gasteiger partial charge in [0, 0.05) is 0 Å². The Morgan fingerprint density at radius 1 is 0.625 bits per heavy atom. The van der Waals surface area contributed by atoms with Crippen LogP contribution < -0.4 is 0 Å². The van der Waals surface area contributed by atoms with E-state index in [1.165, 1.54) is 0 Å². The van der Waals surface area contributed by atoms with E-state index in [1.54, 1.807) is 39.3 Å². The van der Waals surface area contributed by atoms with Crippen molar-refractivity contribution in [1.82, 2.24) is 7.79 Å². The van der Waals surface area contributed by atoms with Gasteiger partial charge in [-0.3, -0.25) is 0 Å². The lowest BCUT2D eigenvalue weighted by Crippen LogP contribution is -2.95. The average Bonchev–Trinajstić information content (AvgIpc) is 1.69. The summed E-state index contributed by atoms with van der Waals surface area (Å²) in [4.78, 5) is 0. The molecule has 10 heteroatoms. The van der Waals surface area contributed by atoms with Gasteiger partial charge in [-0.25, -0.2) is 24.2 Å². The molecule has 0 N–H and O–H groups in total. The lowest BCUT2D eigenvalue weighted by Gasteiger charge is -2.60. The molecule has 1 rings (SSSR count). The van der Waals surface area contributed by atoms with Gasteiger partial charge in [0.1, 0.15) is 16.5 Å². The molecular weight excluding hydrogens is 288 g/mol. The van der Waals surface area contributed by atoms with Gasteiger partial charge in [0.05, 0.1) is 0 Å². The van der Waals surface area contributed by atoms with E-state index >= 15 is 0 Å². The van der Waals surface area contributed by atoms with E-state index in [0.29, 0.717) is 7.79 Å². The zero-order chi connectivity index (χ0) is 13.2. The van der Waals surface area contributed by atoms with Crippen LogP contribution in [0.25, 0.3) is 0 Å². The topological polar surface area (TPSA) is 6.48 Å². The van der Waals surface area contributed by atoms with Gasteiger partial charge in [-0.1, -0.05) is 39.3 Å². The number of halogens is 4. The molecule has 1 saturated heterocycles. The highest BCUT2D eigenvalue weighted by Crippen LogP contribution is 2.48. The molecule has 16 heavy (non-hydrogen) atoms. The fraction of sp³-hybridized carbons (Fsp3) is 1.00. The van der Waals surface area contributed by atoms with Crippen LogP contribution >= 0.6 is 0 Å². The third-order valence-electron chi connectivity index (χ3n) is 2.42. The van der Waals surface area contributed by atoms with Gasteiger partial charge >= 0.3 is 18.1 Å². The van der Waals surface area contributed by atoms with Crippen molar-refractivity contribution in [3.63, 3.8) is 0 Å². The van der Waals surface area contributed by atoms with E-state index in [4.69, 9.17) is 0 Å². The normalized spacial score (nSPS) is 26.6. The Bertz CT molecular complexity index is 256. The second-order valence-electron chi connectivity index (χ2n) is 6.03. The molecule has 1 heterocycles. The molecule has 0 aliphatic carbocycles.